The van der Waals surface area contributed by atoms with Gasteiger partial charge in [-0.05, 0) is 75.8 Å². The second kappa shape index (κ2) is 5.16. The molecule has 6 rings (SSSR count). The van der Waals surface area contributed by atoms with Crippen LogP contribution in [0, 0.1) is 17.8 Å². The van der Waals surface area contributed by atoms with Crippen LogP contribution in [0.5, 0.6) is 5.75 Å². The molecular formula is C21H28N2O3. The lowest BCUT2D eigenvalue weighted by Gasteiger charge is -2.67. The minimum Gasteiger partial charge on any atom is -0.497 e. The second-order valence-electron chi connectivity index (χ2n) is 9.41. The van der Waals surface area contributed by atoms with E-state index in [9.17, 15) is 9.90 Å². The summed E-state index contributed by atoms with van der Waals surface area (Å²) in [6.07, 6.45) is 4.96. The molecule has 2 unspecified atom stereocenters. The number of rotatable bonds is 3. The Morgan fingerprint density at radius 1 is 1.15 bits per heavy atom. The van der Waals surface area contributed by atoms with Crippen molar-refractivity contribution >= 4 is 11.6 Å². The number of aliphatic hydroxyl groups is 1. The fourth-order valence-corrected chi connectivity index (χ4v) is 6.50. The minimum atomic E-state index is -0.544. The smallest absolute Gasteiger partial charge is 0.268 e. The Morgan fingerprint density at radius 2 is 1.85 bits per heavy atom. The summed E-state index contributed by atoms with van der Waals surface area (Å²) in [6.45, 7) is 3.99. The molecule has 1 saturated heterocycles. The van der Waals surface area contributed by atoms with Crippen molar-refractivity contribution in [1.29, 1.82) is 0 Å². The SMILES string of the molecule is COc1cccc(N2N([C@H]3C4CC5CC3C[C@](O)(C5)C4)C(=O)C2(C)C)c1. The highest BCUT2D eigenvalue weighted by Crippen LogP contribution is 2.58. The predicted octanol–water partition coefficient (Wildman–Crippen LogP) is 2.98. The van der Waals surface area contributed by atoms with E-state index in [4.69, 9.17) is 4.74 Å². The Kier molecular flexibility index (Phi) is 3.26. The van der Waals surface area contributed by atoms with Gasteiger partial charge in [-0.1, -0.05) is 6.07 Å². The van der Waals surface area contributed by atoms with Crippen LogP contribution in [0.3, 0.4) is 0 Å². The van der Waals surface area contributed by atoms with Gasteiger partial charge in [-0.25, -0.2) is 5.01 Å². The summed E-state index contributed by atoms with van der Waals surface area (Å²) >= 11 is 0. The van der Waals surface area contributed by atoms with Crippen molar-refractivity contribution in [3.8, 4) is 5.75 Å². The molecule has 2 atom stereocenters. The van der Waals surface area contributed by atoms with Gasteiger partial charge in [0.25, 0.3) is 5.91 Å². The highest BCUT2D eigenvalue weighted by molar-refractivity contribution is 5.98. The Hall–Kier alpha value is -1.75. The van der Waals surface area contributed by atoms with Crippen LogP contribution in [0.2, 0.25) is 0 Å². The number of hydrazine groups is 1. The third-order valence-electron chi connectivity index (χ3n) is 7.25. The van der Waals surface area contributed by atoms with E-state index in [-0.39, 0.29) is 11.9 Å². The van der Waals surface area contributed by atoms with E-state index in [2.05, 4.69) is 5.01 Å². The zero-order valence-corrected chi connectivity index (χ0v) is 15.8. The molecule has 5 nitrogen and oxygen atoms in total. The molecule has 1 N–H and O–H groups in total. The van der Waals surface area contributed by atoms with E-state index in [1.165, 1.54) is 0 Å². The number of anilines is 1. The van der Waals surface area contributed by atoms with Crippen LogP contribution in [0.4, 0.5) is 5.69 Å². The van der Waals surface area contributed by atoms with Crippen molar-refractivity contribution in [3.05, 3.63) is 24.3 Å². The van der Waals surface area contributed by atoms with Crippen LogP contribution in [0.1, 0.15) is 46.0 Å². The molecule has 1 aromatic rings. The monoisotopic (exact) mass is 356 g/mol. The van der Waals surface area contributed by atoms with Crippen molar-refractivity contribution in [3.63, 3.8) is 0 Å². The van der Waals surface area contributed by atoms with Gasteiger partial charge in [0.2, 0.25) is 0 Å². The quantitative estimate of drug-likeness (QED) is 0.905. The molecule has 140 valence electrons. The maximum atomic E-state index is 13.1. The van der Waals surface area contributed by atoms with Crippen LogP contribution >= 0.6 is 0 Å². The first-order valence-electron chi connectivity index (χ1n) is 9.83. The van der Waals surface area contributed by atoms with E-state index in [0.717, 1.165) is 43.5 Å². The van der Waals surface area contributed by atoms with Crippen LogP contribution in [-0.2, 0) is 4.79 Å². The molecule has 0 aromatic heterocycles. The number of hydrogen-bond acceptors (Lipinski definition) is 4. The van der Waals surface area contributed by atoms with Crippen molar-refractivity contribution in [2.45, 2.75) is 63.1 Å². The van der Waals surface area contributed by atoms with Gasteiger partial charge in [0.15, 0.2) is 0 Å². The first-order valence-corrected chi connectivity index (χ1v) is 9.83. The lowest BCUT2D eigenvalue weighted by Crippen LogP contribution is -2.80. The molecule has 1 amide bonds. The summed E-state index contributed by atoms with van der Waals surface area (Å²) in [5.74, 6) is 2.48. The van der Waals surface area contributed by atoms with Crippen molar-refractivity contribution < 1.29 is 14.6 Å². The second-order valence-corrected chi connectivity index (χ2v) is 9.41. The van der Waals surface area contributed by atoms with Gasteiger partial charge in [0.1, 0.15) is 11.3 Å². The van der Waals surface area contributed by atoms with Crippen LogP contribution in [0.15, 0.2) is 24.3 Å². The molecule has 4 aliphatic carbocycles. The number of amides is 1. The van der Waals surface area contributed by atoms with E-state index >= 15 is 0 Å². The van der Waals surface area contributed by atoms with Crippen molar-refractivity contribution in [2.24, 2.45) is 17.8 Å². The Bertz CT molecular complexity index is 745. The summed E-state index contributed by atoms with van der Waals surface area (Å²) in [5.41, 5.74) is -0.0173. The molecular weight excluding hydrogens is 328 g/mol. The van der Waals surface area contributed by atoms with Crippen LogP contribution < -0.4 is 9.75 Å². The number of benzene rings is 1. The van der Waals surface area contributed by atoms with Crippen LogP contribution in [0.25, 0.3) is 0 Å². The number of carbonyl (C=O) groups is 1. The number of ether oxygens (including phenoxy) is 1. The molecule has 5 heteroatoms. The normalized spacial score (nSPS) is 39.9. The number of methoxy groups -OCH3 is 1. The van der Waals surface area contributed by atoms with Gasteiger partial charge < -0.3 is 9.84 Å². The highest BCUT2D eigenvalue weighted by atomic mass is 16.5. The van der Waals surface area contributed by atoms with Crippen molar-refractivity contribution in [2.75, 3.05) is 12.1 Å². The standard InChI is InChI=1S/C21H28N2O3/c1-20(2)19(24)22(23(20)16-5-4-6-17(9-16)26-3)18-14-7-13-8-15(18)12-21(25,10-13)11-14/h4-6,9,13-15,18,25H,7-8,10-12H2,1-3H3/t13?,14?,15?,18-,21-. The maximum Gasteiger partial charge on any atom is 0.268 e. The molecule has 4 saturated carbocycles. The Labute approximate surface area is 154 Å². The van der Waals surface area contributed by atoms with Gasteiger partial charge in [0.05, 0.1) is 24.4 Å². The van der Waals surface area contributed by atoms with Crippen molar-refractivity contribution in [1.82, 2.24) is 5.01 Å². The number of hydrogen-bond donors (Lipinski definition) is 1. The summed E-state index contributed by atoms with van der Waals surface area (Å²) in [7, 11) is 1.67. The number of carbonyl (C=O) groups excluding carboxylic acids is 1. The van der Waals surface area contributed by atoms with Gasteiger partial charge in [-0.3, -0.25) is 9.80 Å². The summed E-state index contributed by atoms with van der Waals surface area (Å²) in [4.78, 5) is 13.1. The third kappa shape index (κ3) is 2.10. The third-order valence-corrected chi connectivity index (χ3v) is 7.25. The summed E-state index contributed by atoms with van der Waals surface area (Å²) < 4.78 is 5.39. The molecule has 5 aliphatic rings. The number of nitrogens with zero attached hydrogens (tertiary/aromatic N) is 2. The molecule has 0 spiro atoms. The molecule has 0 radical (unpaired) electrons. The lowest BCUT2D eigenvalue weighted by molar-refractivity contribution is -0.190. The average Bonchev–Trinajstić information content (AvgIpc) is 2.58. The predicted molar refractivity (Wildman–Crippen MR) is 98.7 cm³/mol. The fourth-order valence-electron chi connectivity index (χ4n) is 6.50. The zero-order chi connectivity index (χ0) is 18.3. The van der Waals surface area contributed by atoms with Gasteiger partial charge in [0, 0.05) is 6.07 Å². The Balaban J connectivity index is 1.51. The molecule has 1 aromatic carbocycles. The summed E-state index contributed by atoms with van der Waals surface area (Å²) in [5, 5.41) is 15.1. The summed E-state index contributed by atoms with van der Waals surface area (Å²) in [6, 6.07) is 8.18. The molecule has 5 fully saturated rings. The Morgan fingerprint density at radius 3 is 2.46 bits per heavy atom. The van der Waals surface area contributed by atoms with Gasteiger partial charge in [-0.2, -0.15) is 0 Å². The van der Waals surface area contributed by atoms with E-state index < -0.39 is 11.1 Å². The average molecular weight is 356 g/mol. The fraction of sp³-hybridized carbons (Fsp3) is 0.667. The van der Waals surface area contributed by atoms with E-state index in [0.29, 0.717) is 17.8 Å². The topological polar surface area (TPSA) is 53.0 Å². The molecule has 4 bridgehead atoms. The molecule has 1 heterocycles. The first kappa shape index (κ1) is 16.4. The molecule has 26 heavy (non-hydrogen) atoms. The van der Waals surface area contributed by atoms with E-state index in [1.54, 1.807) is 7.11 Å². The van der Waals surface area contributed by atoms with Gasteiger partial charge >= 0.3 is 0 Å². The van der Waals surface area contributed by atoms with Crippen LogP contribution in [-0.4, -0.2) is 40.3 Å². The maximum absolute atomic E-state index is 13.1. The van der Waals surface area contributed by atoms with Gasteiger partial charge in [-0.15, -0.1) is 0 Å². The molecule has 1 aliphatic heterocycles. The minimum absolute atomic E-state index is 0.199. The highest BCUT2D eigenvalue weighted by Gasteiger charge is 2.63. The lowest BCUT2D eigenvalue weighted by atomic mass is 9.52. The van der Waals surface area contributed by atoms with E-state index in [1.807, 2.05) is 43.1 Å². The zero-order valence-electron chi connectivity index (χ0n) is 15.8. The largest absolute Gasteiger partial charge is 0.497 e. The first-order chi connectivity index (χ1) is 12.3.